The Balaban J connectivity index is 2.06. The van der Waals surface area contributed by atoms with Gasteiger partial charge in [0.2, 0.25) is 5.91 Å². The van der Waals surface area contributed by atoms with E-state index in [0.29, 0.717) is 0 Å². The number of nitrogens with one attached hydrogen (secondary N) is 1. The topological polar surface area (TPSA) is 97.5 Å². The zero-order valence-electron chi connectivity index (χ0n) is 10.7. The van der Waals surface area contributed by atoms with Gasteiger partial charge in [0, 0.05) is 35.8 Å². The van der Waals surface area contributed by atoms with Gasteiger partial charge in [0.1, 0.15) is 0 Å². The van der Waals surface area contributed by atoms with Gasteiger partial charge >= 0.3 is 0 Å². The molecule has 6 heteroatoms. The average Bonchev–Trinajstić information content (AvgIpc) is 2.93. The van der Waals surface area contributed by atoms with Crippen LogP contribution in [0.4, 0.5) is 0 Å². The first-order chi connectivity index (χ1) is 9.74. The molecule has 0 saturated heterocycles. The number of carbonyl (C=O) groups excluding carboxylic acids is 1. The minimum atomic E-state index is -0.368. The van der Waals surface area contributed by atoms with Crippen molar-refractivity contribution in [2.75, 3.05) is 0 Å². The molecule has 0 spiro atoms. The maximum atomic E-state index is 11.3. The third kappa shape index (κ3) is 2.35. The highest BCUT2D eigenvalue weighted by Crippen LogP contribution is 2.27. The summed E-state index contributed by atoms with van der Waals surface area (Å²) in [6.07, 6.45) is 7.06. The number of aromatic amines is 1. The molecule has 1 atom stereocenters. The second-order valence-electron chi connectivity index (χ2n) is 4.58. The molecular formula is C14H13N5O. The van der Waals surface area contributed by atoms with Gasteiger partial charge in [0.15, 0.2) is 0 Å². The molecule has 3 heterocycles. The Hall–Kier alpha value is -2.76. The predicted octanol–water partition coefficient (Wildman–Crippen LogP) is 1.36. The van der Waals surface area contributed by atoms with E-state index in [9.17, 15) is 4.79 Å². The number of rotatable bonds is 4. The zero-order valence-corrected chi connectivity index (χ0v) is 10.7. The molecule has 0 aliphatic heterocycles. The Bertz CT molecular complexity index is 737. The molecule has 3 aromatic heterocycles. The summed E-state index contributed by atoms with van der Waals surface area (Å²) in [5, 5.41) is 7.77. The molecular weight excluding hydrogens is 254 g/mol. The highest BCUT2D eigenvalue weighted by molar-refractivity contribution is 5.78. The van der Waals surface area contributed by atoms with Crippen LogP contribution in [-0.4, -0.2) is 26.1 Å². The van der Waals surface area contributed by atoms with Crippen LogP contribution in [0.2, 0.25) is 0 Å². The molecule has 0 saturated carbocycles. The SMILES string of the molecule is NC(=O)CC(c1cccnc1)c1cc2cn[nH]c2cn1. The van der Waals surface area contributed by atoms with Crippen LogP contribution in [0, 0.1) is 0 Å². The first-order valence-corrected chi connectivity index (χ1v) is 6.21. The van der Waals surface area contributed by atoms with Crippen LogP contribution in [0.5, 0.6) is 0 Å². The van der Waals surface area contributed by atoms with E-state index >= 15 is 0 Å². The lowest BCUT2D eigenvalue weighted by Crippen LogP contribution is -2.17. The van der Waals surface area contributed by atoms with Gasteiger partial charge in [0.05, 0.1) is 17.9 Å². The van der Waals surface area contributed by atoms with E-state index in [1.807, 2.05) is 18.2 Å². The van der Waals surface area contributed by atoms with Crippen molar-refractivity contribution in [1.82, 2.24) is 20.2 Å². The first-order valence-electron chi connectivity index (χ1n) is 6.21. The van der Waals surface area contributed by atoms with Gasteiger partial charge in [-0.15, -0.1) is 0 Å². The third-order valence-corrected chi connectivity index (χ3v) is 3.19. The maximum absolute atomic E-state index is 11.3. The normalized spacial score (nSPS) is 12.4. The Labute approximate surface area is 115 Å². The van der Waals surface area contributed by atoms with E-state index in [4.69, 9.17) is 5.73 Å². The van der Waals surface area contributed by atoms with Crippen LogP contribution in [0.15, 0.2) is 43.0 Å². The minimum Gasteiger partial charge on any atom is -0.370 e. The van der Waals surface area contributed by atoms with Crippen molar-refractivity contribution in [3.8, 4) is 0 Å². The standard InChI is InChI=1S/C14H13N5O/c15-14(20)5-11(9-2-1-3-16-6-9)12-4-10-7-18-19-13(10)8-17-12/h1-4,6-8,11H,5H2,(H2,15,20)(H,18,19). The van der Waals surface area contributed by atoms with Crippen molar-refractivity contribution in [3.63, 3.8) is 0 Å². The third-order valence-electron chi connectivity index (χ3n) is 3.19. The van der Waals surface area contributed by atoms with Crippen molar-refractivity contribution in [3.05, 3.63) is 54.2 Å². The monoisotopic (exact) mass is 267 g/mol. The van der Waals surface area contributed by atoms with Gasteiger partial charge in [0.25, 0.3) is 0 Å². The largest absolute Gasteiger partial charge is 0.370 e. The molecule has 0 aliphatic rings. The summed E-state index contributed by atoms with van der Waals surface area (Å²) >= 11 is 0. The van der Waals surface area contributed by atoms with Gasteiger partial charge in [-0.05, 0) is 17.7 Å². The molecule has 100 valence electrons. The highest BCUT2D eigenvalue weighted by Gasteiger charge is 2.19. The Kier molecular flexibility index (Phi) is 3.12. The van der Waals surface area contributed by atoms with Crippen LogP contribution >= 0.6 is 0 Å². The summed E-state index contributed by atoms with van der Waals surface area (Å²) in [7, 11) is 0. The minimum absolute atomic E-state index is 0.194. The predicted molar refractivity (Wildman–Crippen MR) is 73.8 cm³/mol. The van der Waals surface area contributed by atoms with Gasteiger partial charge < -0.3 is 5.73 Å². The Morgan fingerprint density at radius 3 is 3.00 bits per heavy atom. The Morgan fingerprint density at radius 1 is 1.35 bits per heavy atom. The van der Waals surface area contributed by atoms with Gasteiger partial charge in [-0.3, -0.25) is 19.9 Å². The highest BCUT2D eigenvalue weighted by atomic mass is 16.1. The van der Waals surface area contributed by atoms with Crippen LogP contribution in [0.25, 0.3) is 10.9 Å². The van der Waals surface area contributed by atoms with E-state index in [1.54, 1.807) is 24.8 Å². The fraction of sp³-hybridized carbons (Fsp3) is 0.143. The van der Waals surface area contributed by atoms with E-state index < -0.39 is 0 Å². The van der Waals surface area contributed by atoms with E-state index in [2.05, 4.69) is 20.2 Å². The van der Waals surface area contributed by atoms with Crippen molar-refractivity contribution in [2.24, 2.45) is 5.73 Å². The number of nitrogens with two attached hydrogens (primary N) is 1. The number of fused-ring (bicyclic) bond motifs is 1. The van der Waals surface area contributed by atoms with Crippen molar-refractivity contribution < 1.29 is 4.79 Å². The molecule has 3 aromatic rings. The molecule has 6 nitrogen and oxygen atoms in total. The second kappa shape index (κ2) is 5.08. The lowest BCUT2D eigenvalue weighted by atomic mass is 9.92. The molecule has 20 heavy (non-hydrogen) atoms. The number of hydrogen-bond acceptors (Lipinski definition) is 4. The molecule has 0 bridgehead atoms. The summed E-state index contributed by atoms with van der Waals surface area (Å²) in [6, 6.07) is 5.67. The van der Waals surface area contributed by atoms with Gasteiger partial charge in [-0.25, -0.2) is 0 Å². The summed E-state index contributed by atoms with van der Waals surface area (Å²) in [5.74, 6) is -0.562. The van der Waals surface area contributed by atoms with Crippen molar-refractivity contribution in [1.29, 1.82) is 0 Å². The molecule has 0 aliphatic carbocycles. The number of aromatic nitrogens is 4. The number of nitrogens with zero attached hydrogens (tertiary/aromatic N) is 3. The molecule has 0 aromatic carbocycles. The van der Waals surface area contributed by atoms with Gasteiger partial charge in [-0.2, -0.15) is 5.10 Å². The lowest BCUT2D eigenvalue weighted by molar-refractivity contribution is -0.118. The maximum Gasteiger partial charge on any atom is 0.218 e. The number of carbonyl (C=O) groups is 1. The van der Waals surface area contributed by atoms with E-state index in [0.717, 1.165) is 22.2 Å². The van der Waals surface area contributed by atoms with Crippen LogP contribution in [0.1, 0.15) is 23.6 Å². The molecule has 0 fully saturated rings. The smallest absolute Gasteiger partial charge is 0.218 e. The zero-order chi connectivity index (χ0) is 13.9. The summed E-state index contributed by atoms with van der Waals surface area (Å²) in [5.41, 5.74) is 7.92. The quantitative estimate of drug-likeness (QED) is 0.745. The van der Waals surface area contributed by atoms with Crippen molar-refractivity contribution >= 4 is 16.8 Å². The van der Waals surface area contributed by atoms with Crippen LogP contribution < -0.4 is 5.73 Å². The molecule has 3 rings (SSSR count). The number of H-pyrrole nitrogens is 1. The molecule has 3 N–H and O–H groups in total. The number of primary amides is 1. The number of pyridine rings is 2. The van der Waals surface area contributed by atoms with E-state index in [-0.39, 0.29) is 18.2 Å². The molecule has 0 radical (unpaired) electrons. The summed E-state index contributed by atoms with van der Waals surface area (Å²) in [4.78, 5) is 19.8. The summed E-state index contributed by atoms with van der Waals surface area (Å²) in [6.45, 7) is 0. The Morgan fingerprint density at radius 2 is 2.25 bits per heavy atom. The van der Waals surface area contributed by atoms with Crippen LogP contribution in [-0.2, 0) is 4.79 Å². The lowest BCUT2D eigenvalue weighted by Gasteiger charge is -2.14. The number of amides is 1. The van der Waals surface area contributed by atoms with Crippen molar-refractivity contribution in [2.45, 2.75) is 12.3 Å². The second-order valence-corrected chi connectivity index (χ2v) is 4.58. The van der Waals surface area contributed by atoms with Crippen LogP contribution in [0.3, 0.4) is 0 Å². The summed E-state index contributed by atoms with van der Waals surface area (Å²) < 4.78 is 0. The fourth-order valence-electron chi connectivity index (χ4n) is 2.23. The number of hydrogen-bond donors (Lipinski definition) is 2. The molecule has 1 amide bonds. The fourth-order valence-corrected chi connectivity index (χ4v) is 2.23. The van der Waals surface area contributed by atoms with E-state index in [1.165, 1.54) is 0 Å². The van der Waals surface area contributed by atoms with Gasteiger partial charge in [-0.1, -0.05) is 6.07 Å². The first kappa shape index (κ1) is 12.3. The molecule has 1 unspecified atom stereocenters. The average molecular weight is 267 g/mol.